The van der Waals surface area contributed by atoms with Gasteiger partial charge >= 0.3 is 0 Å². The molecule has 21 heavy (non-hydrogen) atoms. The number of hydrogen-bond donors (Lipinski definition) is 2. The van der Waals surface area contributed by atoms with E-state index in [1.54, 1.807) is 30.5 Å². The predicted octanol–water partition coefficient (Wildman–Crippen LogP) is 1.65. The highest BCUT2D eigenvalue weighted by atomic mass is 32.2. The van der Waals surface area contributed by atoms with Crippen LogP contribution in [0.1, 0.15) is 25.3 Å². The fraction of sp³-hybridized carbons (Fsp3) is 0.357. The molecular formula is C14H19N3O3S. The van der Waals surface area contributed by atoms with Crippen molar-refractivity contribution in [3.8, 4) is 0 Å². The molecule has 0 saturated heterocycles. The van der Waals surface area contributed by atoms with Crippen molar-refractivity contribution in [1.29, 1.82) is 0 Å². The van der Waals surface area contributed by atoms with Gasteiger partial charge in [0.25, 0.3) is 10.0 Å². The van der Waals surface area contributed by atoms with Crippen LogP contribution in [0.2, 0.25) is 0 Å². The number of furan rings is 1. The van der Waals surface area contributed by atoms with E-state index in [1.165, 1.54) is 6.07 Å². The molecule has 2 heterocycles. The molecule has 0 atom stereocenters. The summed E-state index contributed by atoms with van der Waals surface area (Å²) in [6, 6.07) is 8.75. The van der Waals surface area contributed by atoms with E-state index in [2.05, 4.69) is 15.0 Å². The summed E-state index contributed by atoms with van der Waals surface area (Å²) in [5.74, 6) is 0.585. The molecule has 6 nitrogen and oxygen atoms in total. The van der Waals surface area contributed by atoms with Gasteiger partial charge in [-0.2, -0.15) is 0 Å². The zero-order valence-corrected chi connectivity index (χ0v) is 12.9. The van der Waals surface area contributed by atoms with Crippen molar-refractivity contribution in [2.75, 3.05) is 0 Å². The van der Waals surface area contributed by atoms with Crippen LogP contribution in [0.15, 0.2) is 46.0 Å². The van der Waals surface area contributed by atoms with Crippen LogP contribution in [0, 0.1) is 0 Å². The average Bonchev–Trinajstić information content (AvgIpc) is 2.94. The summed E-state index contributed by atoms with van der Waals surface area (Å²) in [5.41, 5.74) is 0.648. The Morgan fingerprint density at radius 3 is 2.67 bits per heavy atom. The third-order valence-corrected chi connectivity index (χ3v) is 4.03. The second-order valence-corrected chi connectivity index (χ2v) is 6.60. The molecule has 0 aliphatic carbocycles. The van der Waals surface area contributed by atoms with Crippen molar-refractivity contribution in [3.05, 3.63) is 48.0 Å². The van der Waals surface area contributed by atoms with Crippen LogP contribution in [-0.4, -0.2) is 19.4 Å². The van der Waals surface area contributed by atoms with Gasteiger partial charge in [-0.25, -0.2) is 13.1 Å². The van der Waals surface area contributed by atoms with Gasteiger partial charge in [0.2, 0.25) is 5.09 Å². The van der Waals surface area contributed by atoms with Crippen LogP contribution in [-0.2, 0) is 23.1 Å². The lowest BCUT2D eigenvalue weighted by molar-refractivity contribution is 0.393. The van der Waals surface area contributed by atoms with E-state index in [-0.39, 0.29) is 11.6 Å². The third kappa shape index (κ3) is 4.66. The Kier molecular flexibility index (Phi) is 5.11. The molecular weight excluding hydrogens is 290 g/mol. The lowest BCUT2D eigenvalue weighted by Crippen LogP contribution is -2.23. The van der Waals surface area contributed by atoms with Gasteiger partial charge in [-0.3, -0.25) is 4.98 Å². The molecule has 2 rings (SSSR count). The number of nitrogens with zero attached hydrogens (tertiary/aromatic N) is 1. The molecule has 114 valence electrons. The van der Waals surface area contributed by atoms with Crippen LogP contribution in [0.25, 0.3) is 0 Å². The van der Waals surface area contributed by atoms with Crippen molar-refractivity contribution in [1.82, 2.24) is 15.0 Å². The Balaban J connectivity index is 1.99. The molecule has 0 unspecified atom stereocenters. The van der Waals surface area contributed by atoms with E-state index in [1.807, 2.05) is 13.8 Å². The van der Waals surface area contributed by atoms with E-state index in [9.17, 15) is 8.42 Å². The number of nitrogens with one attached hydrogen (secondary N) is 2. The predicted molar refractivity (Wildman–Crippen MR) is 78.9 cm³/mol. The zero-order chi connectivity index (χ0) is 15.3. The van der Waals surface area contributed by atoms with Crippen molar-refractivity contribution >= 4 is 10.0 Å². The summed E-state index contributed by atoms with van der Waals surface area (Å²) >= 11 is 0. The lowest BCUT2D eigenvalue weighted by Gasteiger charge is -2.06. The van der Waals surface area contributed by atoms with Crippen molar-refractivity contribution in [2.45, 2.75) is 38.1 Å². The minimum atomic E-state index is -3.66. The fourth-order valence-electron chi connectivity index (χ4n) is 1.65. The number of rotatable bonds is 7. The molecule has 2 N–H and O–H groups in total. The van der Waals surface area contributed by atoms with Gasteiger partial charge in [-0.05, 0) is 24.3 Å². The quantitative estimate of drug-likeness (QED) is 0.812. The Morgan fingerprint density at radius 2 is 2.00 bits per heavy atom. The summed E-state index contributed by atoms with van der Waals surface area (Å²) in [4.78, 5) is 4.06. The van der Waals surface area contributed by atoms with Crippen molar-refractivity contribution in [3.63, 3.8) is 0 Å². The molecule has 0 aliphatic heterocycles. The summed E-state index contributed by atoms with van der Waals surface area (Å²) in [6.07, 6.45) is 1.62. The maximum atomic E-state index is 12.1. The molecule has 0 bridgehead atoms. The van der Waals surface area contributed by atoms with Crippen LogP contribution in [0.5, 0.6) is 0 Å². The highest BCUT2D eigenvalue weighted by Gasteiger charge is 2.18. The van der Waals surface area contributed by atoms with Gasteiger partial charge < -0.3 is 9.73 Å². The second-order valence-electron chi connectivity index (χ2n) is 4.90. The minimum absolute atomic E-state index is 0.0843. The highest BCUT2D eigenvalue weighted by molar-refractivity contribution is 7.89. The molecule has 0 amide bonds. The highest BCUT2D eigenvalue weighted by Crippen LogP contribution is 2.14. The SMILES string of the molecule is CC(C)NCc1ccc(S(=O)(=O)NCc2ccccn2)o1. The number of pyridine rings is 1. The first kappa shape index (κ1) is 15.7. The van der Waals surface area contributed by atoms with Gasteiger partial charge in [0.05, 0.1) is 18.8 Å². The molecule has 0 spiro atoms. The van der Waals surface area contributed by atoms with Crippen LogP contribution in [0.3, 0.4) is 0 Å². The van der Waals surface area contributed by atoms with E-state index in [4.69, 9.17) is 4.42 Å². The first-order valence-corrected chi connectivity index (χ1v) is 8.17. The molecule has 0 fully saturated rings. The first-order valence-electron chi connectivity index (χ1n) is 6.69. The minimum Gasteiger partial charge on any atom is -0.447 e. The fourth-order valence-corrected chi connectivity index (χ4v) is 2.59. The number of sulfonamides is 1. The maximum absolute atomic E-state index is 12.1. The molecule has 0 aliphatic rings. The third-order valence-electron chi connectivity index (χ3n) is 2.76. The average molecular weight is 309 g/mol. The standard InChI is InChI=1S/C14H19N3O3S/c1-11(2)16-10-13-6-7-14(20-13)21(18,19)17-9-12-5-3-4-8-15-12/h3-8,11,16-17H,9-10H2,1-2H3. The second kappa shape index (κ2) is 6.84. The van der Waals surface area contributed by atoms with Crippen molar-refractivity contribution < 1.29 is 12.8 Å². The smallest absolute Gasteiger partial charge is 0.274 e. The molecule has 0 radical (unpaired) electrons. The first-order chi connectivity index (χ1) is 9.97. The largest absolute Gasteiger partial charge is 0.447 e. The van der Waals surface area contributed by atoms with Crippen LogP contribution < -0.4 is 10.0 Å². The van der Waals surface area contributed by atoms with E-state index in [0.29, 0.717) is 24.0 Å². The maximum Gasteiger partial charge on any atom is 0.274 e. The summed E-state index contributed by atoms with van der Waals surface area (Å²) < 4.78 is 32.0. The Labute approximate surface area is 124 Å². The van der Waals surface area contributed by atoms with Gasteiger partial charge in [0, 0.05) is 12.2 Å². The van der Waals surface area contributed by atoms with E-state index < -0.39 is 10.0 Å². The van der Waals surface area contributed by atoms with Crippen LogP contribution in [0.4, 0.5) is 0 Å². The normalized spacial score (nSPS) is 12.0. The summed E-state index contributed by atoms with van der Waals surface area (Å²) in [7, 11) is -3.66. The number of aromatic nitrogens is 1. The molecule has 0 saturated carbocycles. The van der Waals surface area contributed by atoms with Gasteiger partial charge in [-0.1, -0.05) is 19.9 Å². The van der Waals surface area contributed by atoms with Gasteiger partial charge in [0.1, 0.15) is 5.76 Å². The molecule has 0 aromatic carbocycles. The lowest BCUT2D eigenvalue weighted by atomic mass is 10.3. The van der Waals surface area contributed by atoms with Gasteiger partial charge in [-0.15, -0.1) is 0 Å². The summed E-state index contributed by atoms with van der Waals surface area (Å²) in [6.45, 7) is 4.64. The zero-order valence-electron chi connectivity index (χ0n) is 12.0. The van der Waals surface area contributed by atoms with Crippen molar-refractivity contribution in [2.24, 2.45) is 0 Å². The number of hydrogen-bond acceptors (Lipinski definition) is 5. The Bertz CT molecular complexity index is 666. The molecule has 2 aromatic heterocycles. The monoisotopic (exact) mass is 309 g/mol. The molecule has 2 aromatic rings. The van der Waals surface area contributed by atoms with E-state index in [0.717, 1.165) is 0 Å². The Morgan fingerprint density at radius 1 is 1.19 bits per heavy atom. The topological polar surface area (TPSA) is 84.2 Å². The van der Waals surface area contributed by atoms with E-state index >= 15 is 0 Å². The van der Waals surface area contributed by atoms with Gasteiger partial charge in [0.15, 0.2) is 0 Å². The molecule has 7 heteroatoms. The summed E-state index contributed by atoms with van der Waals surface area (Å²) in [5, 5.41) is 3.08. The Hall–Kier alpha value is -1.70. The van der Waals surface area contributed by atoms with Crippen LogP contribution >= 0.6 is 0 Å².